The van der Waals surface area contributed by atoms with E-state index in [1.54, 1.807) is 6.92 Å². The Bertz CT molecular complexity index is 369. The van der Waals surface area contributed by atoms with E-state index in [0.29, 0.717) is 12.1 Å². The van der Waals surface area contributed by atoms with Crippen LogP contribution in [0.2, 0.25) is 0 Å². The van der Waals surface area contributed by atoms with Crippen LogP contribution in [0.15, 0.2) is 5.10 Å². The zero-order valence-electron chi connectivity index (χ0n) is 12.4. The predicted molar refractivity (Wildman–Crippen MR) is 77.2 cm³/mol. The van der Waals surface area contributed by atoms with Crippen LogP contribution in [0.5, 0.6) is 0 Å². The van der Waals surface area contributed by atoms with Gasteiger partial charge >= 0.3 is 12.0 Å². The van der Waals surface area contributed by atoms with Gasteiger partial charge in [-0.25, -0.2) is 10.2 Å². The summed E-state index contributed by atoms with van der Waals surface area (Å²) in [4.78, 5) is 22.3. The van der Waals surface area contributed by atoms with Crippen molar-refractivity contribution in [3.05, 3.63) is 0 Å². The van der Waals surface area contributed by atoms with Crippen LogP contribution in [-0.2, 0) is 9.53 Å². The first-order valence-corrected chi connectivity index (χ1v) is 7.34. The topological polar surface area (TPSA) is 93.8 Å². The number of ether oxygens (including phenoxy) is 1. The van der Waals surface area contributed by atoms with Gasteiger partial charge in [0, 0.05) is 6.42 Å². The smallest absolute Gasteiger partial charge is 0.332 e. The minimum absolute atomic E-state index is 0.0413. The average molecular weight is 283 g/mol. The van der Waals surface area contributed by atoms with Crippen LogP contribution in [0.4, 0.5) is 4.79 Å². The molecule has 0 bridgehead atoms. The van der Waals surface area contributed by atoms with Crippen molar-refractivity contribution in [1.82, 2.24) is 5.43 Å². The van der Waals surface area contributed by atoms with E-state index in [1.807, 2.05) is 0 Å². The summed E-state index contributed by atoms with van der Waals surface area (Å²) in [5.74, 6) is -0.195. The Morgan fingerprint density at radius 2 is 2.10 bits per heavy atom. The molecule has 114 valence electrons. The van der Waals surface area contributed by atoms with Gasteiger partial charge in [-0.15, -0.1) is 0 Å². The van der Waals surface area contributed by atoms with Crippen molar-refractivity contribution in [2.24, 2.45) is 16.8 Å². The SMILES string of the molecule is CCCCCCC[C@@H]1C[C@H](/C(C)=N\NC(N)=O)OC1=O. The fourth-order valence-corrected chi connectivity index (χ4v) is 2.34. The first kappa shape index (κ1) is 16.5. The third kappa shape index (κ3) is 5.59. The number of urea groups is 1. The zero-order chi connectivity index (χ0) is 15.0. The minimum Gasteiger partial charge on any atom is -0.456 e. The molecule has 0 aromatic rings. The molecule has 0 aromatic carbocycles. The maximum absolute atomic E-state index is 11.8. The van der Waals surface area contributed by atoms with Crippen molar-refractivity contribution >= 4 is 17.7 Å². The molecule has 0 saturated carbocycles. The van der Waals surface area contributed by atoms with Gasteiger partial charge in [0.1, 0.15) is 6.10 Å². The summed E-state index contributed by atoms with van der Waals surface area (Å²) in [7, 11) is 0. The van der Waals surface area contributed by atoms with E-state index in [2.05, 4.69) is 17.5 Å². The highest BCUT2D eigenvalue weighted by atomic mass is 16.6. The largest absolute Gasteiger partial charge is 0.456 e. The lowest BCUT2D eigenvalue weighted by molar-refractivity contribution is -0.142. The highest BCUT2D eigenvalue weighted by Crippen LogP contribution is 2.27. The highest BCUT2D eigenvalue weighted by Gasteiger charge is 2.35. The van der Waals surface area contributed by atoms with Crippen LogP contribution in [0.1, 0.15) is 58.8 Å². The maximum Gasteiger partial charge on any atom is 0.332 e. The number of rotatable bonds is 8. The van der Waals surface area contributed by atoms with Gasteiger partial charge in [0.05, 0.1) is 11.6 Å². The number of amides is 2. The predicted octanol–water partition coefficient (Wildman–Crippen LogP) is 2.32. The second-order valence-electron chi connectivity index (χ2n) is 5.29. The van der Waals surface area contributed by atoms with E-state index in [4.69, 9.17) is 10.5 Å². The number of nitrogens with two attached hydrogens (primary N) is 1. The number of hydrogen-bond acceptors (Lipinski definition) is 4. The van der Waals surface area contributed by atoms with E-state index < -0.39 is 6.03 Å². The molecule has 1 heterocycles. The molecule has 2 atom stereocenters. The first-order valence-electron chi connectivity index (χ1n) is 7.34. The summed E-state index contributed by atoms with van der Waals surface area (Å²) in [6, 6.07) is -0.721. The van der Waals surface area contributed by atoms with Crippen LogP contribution >= 0.6 is 0 Å². The third-order valence-corrected chi connectivity index (χ3v) is 3.55. The Kier molecular flexibility index (Phi) is 7.04. The van der Waals surface area contributed by atoms with Crippen molar-refractivity contribution in [3.63, 3.8) is 0 Å². The Balaban J connectivity index is 2.33. The van der Waals surface area contributed by atoms with Gasteiger partial charge in [0.15, 0.2) is 0 Å². The number of carbonyl (C=O) groups is 2. The molecule has 0 unspecified atom stereocenters. The molecule has 6 nitrogen and oxygen atoms in total. The molecule has 1 rings (SSSR count). The molecule has 0 aliphatic carbocycles. The second-order valence-corrected chi connectivity index (χ2v) is 5.29. The van der Waals surface area contributed by atoms with Crippen LogP contribution in [0.3, 0.4) is 0 Å². The molecule has 1 fully saturated rings. The minimum atomic E-state index is -0.721. The van der Waals surface area contributed by atoms with Gasteiger partial charge in [-0.1, -0.05) is 39.0 Å². The molecular weight excluding hydrogens is 258 g/mol. The summed E-state index contributed by atoms with van der Waals surface area (Å²) in [6.07, 6.45) is 7.09. The van der Waals surface area contributed by atoms with Gasteiger partial charge in [-0.05, 0) is 13.3 Å². The standard InChI is InChI=1S/C14H25N3O3/c1-3-4-5-6-7-8-11-9-12(20-13(11)18)10(2)16-17-14(15)19/h11-12H,3-9H2,1-2H3,(H3,15,17,19)/b16-10-/t11-,12-/m1/s1. The Morgan fingerprint density at radius 3 is 2.75 bits per heavy atom. The number of nitrogens with zero attached hydrogens (tertiary/aromatic N) is 1. The monoisotopic (exact) mass is 283 g/mol. The maximum atomic E-state index is 11.8. The zero-order valence-corrected chi connectivity index (χ0v) is 12.4. The number of cyclic esters (lactones) is 1. The normalized spacial score (nSPS) is 22.7. The van der Waals surface area contributed by atoms with Gasteiger partial charge in [0.2, 0.25) is 0 Å². The van der Waals surface area contributed by atoms with Crippen LogP contribution < -0.4 is 11.2 Å². The second kappa shape index (κ2) is 8.55. The van der Waals surface area contributed by atoms with Crippen molar-refractivity contribution in [1.29, 1.82) is 0 Å². The highest BCUT2D eigenvalue weighted by molar-refractivity contribution is 5.91. The fourth-order valence-electron chi connectivity index (χ4n) is 2.34. The van der Waals surface area contributed by atoms with Crippen molar-refractivity contribution in [3.8, 4) is 0 Å². The van der Waals surface area contributed by atoms with Crippen LogP contribution in [-0.4, -0.2) is 23.8 Å². The summed E-state index contributed by atoms with van der Waals surface area (Å²) in [5, 5.41) is 3.81. The van der Waals surface area contributed by atoms with Gasteiger partial charge in [0.25, 0.3) is 0 Å². The fraction of sp³-hybridized carbons (Fsp3) is 0.786. The van der Waals surface area contributed by atoms with Crippen LogP contribution in [0.25, 0.3) is 0 Å². The van der Waals surface area contributed by atoms with Crippen LogP contribution in [0, 0.1) is 5.92 Å². The molecule has 1 aliphatic heterocycles. The number of primary amides is 1. The molecule has 0 radical (unpaired) electrons. The summed E-state index contributed by atoms with van der Waals surface area (Å²) in [5.41, 5.74) is 7.66. The van der Waals surface area contributed by atoms with E-state index in [1.165, 1.54) is 25.7 Å². The lowest BCUT2D eigenvalue weighted by atomic mass is 9.96. The number of unbranched alkanes of at least 4 members (excludes halogenated alkanes) is 4. The van der Waals surface area contributed by atoms with Gasteiger partial charge in [-0.3, -0.25) is 4.79 Å². The molecule has 1 aliphatic rings. The number of nitrogens with one attached hydrogen (secondary N) is 1. The number of carbonyl (C=O) groups excluding carboxylic acids is 2. The molecule has 20 heavy (non-hydrogen) atoms. The van der Waals surface area contributed by atoms with Gasteiger partial charge < -0.3 is 10.5 Å². The molecule has 0 aromatic heterocycles. The van der Waals surface area contributed by atoms with E-state index in [9.17, 15) is 9.59 Å². The summed E-state index contributed by atoms with van der Waals surface area (Å²) >= 11 is 0. The van der Waals surface area contributed by atoms with Gasteiger partial charge in [-0.2, -0.15) is 5.10 Å². The van der Waals surface area contributed by atoms with E-state index in [0.717, 1.165) is 12.8 Å². The van der Waals surface area contributed by atoms with Crippen molar-refractivity contribution in [2.45, 2.75) is 64.9 Å². The molecular formula is C14H25N3O3. The molecule has 3 N–H and O–H groups in total. The molecule has 1 saturated heterocycles. The molecule has 2 amide bonds. The third-order valence-electron chi connectivity index (χ3n) is 3.55. The van der Waals surface area contributed by atoms with E-state index >= 15 is 0 Å². The molecule has 6 heteroatoms. The van der Waals surface area contributed by atoms with Crippen molar-refractivity contribution in [2.75, 3.05) is 0 Å². The number of hydrazone groups is 1. The van der Waals surface area contributed by atoms with Crippen molar-refractivity contribution < 1.29 is 14.3 Å². The first-order chi connectivity index (χ1) is 9.54. The average Bonchev–Trinajstić information content (AvgIpc) is 2.77. The Labute approximate surface area is 120 Å². The number of hydrogen-bond donors (Lipinski definition) is 2. The summed E-state index contributed by atoms with van der Waals surface area (Å²) < 4.78 is 5.28. The lowest BCUT2D eigenvalue weighted by Crippen LogP contribution is -2.28. The Morgan fingerprint density at radius 1 is 1.40 bits per heavy atom. The molecule has 0 spiro atoms. The Hall–Kier alpha value is -1.59. The lowest BCUT2D eigenvalue weighted by Gasteiger charge is -2.07. The number of esters is 1. The van der Waals surface area contributed by atoms with E-state index in [-0.39, 0.29) is 18.0 Å². The summed E-state index contributed by atoms with van der Waals surface area (Å²) in [6.45, 7) is 3.90. The quantitative estimate of drug-likeness (QED) is 0.310.